The Kier molecular flexibility index (Phi) is 5.36. The third-order valence-corrected chi connectivity index (χ3v) is 2.53. The van der Waals surface area contributed by atoms with Gasteiger partial charge in [-0.05, 0) is 30.0 Å². The van der Waals surface area contributed by atoms with E-state index in [1.54, 1.807) is 12.1 Å². The molecule has 4 nitrogen and oxygen atoms in total. The van der Waals surface area contributed by atoms with Gasteiger partial charge < -0.3 is 9.47 Å². The lowest BCUT2D eigenvalue weighted by atomic mass is 10.0. The maximum atomic E-state index is 11.2. The first-order valence-corrected chi connectivity index (χ1v) is 5.83. The standard InChI is InChI=1S/C14H18O4/c1-10(9-18-11(2)15)8-12-4-6-13(7-5-12)14(16)17-3/h4-7,10H,8-9H2,1-3H3/t10-/m1/s1. The molecule has 1 rings (SSSR count). The molecular weight excluding hydrogens is 232 g/mol. The molecule has 0 fully saturated rings. The summed E-state index contributed by atoms with van der Waals surface area (Å²) in [7, 11) is 1.36. The van der Waals surface area contributed by atoms with Crippen LogP contribution >= 0.6 is 0 Å². The van der Waals surface area contributed by atoms with Crippen molar-refractivity contribution in [3.63, 3.8) is 0 Å². The van der Waals surface area contributed by atoms with Crippen LogP contribution in [0.15, 0.2) is 24.3 Å². The van der Waals surface area contributed by atoms with Gasteiger partial charge in [-0.25, -0.2) is 4.79 Å². The van der Waals surface area contributed by atoms with E-state index in [1.165, 1.54) is 14.0 Å². The number of methoxy groups -OCH3 is 1. The highest BCUT2D eigenvalue weighted by Crippen LogP contribution is 2.11. The summed E-state index contributed by atoms with van der Waals surface area (Å²) in [6, 6.07) is 7.24. The SMILES string of the molecule is COC(=O)c1ccc(C[C@@H](C)COC(C)=O)cc1. The van der Waals surface area contributed by atoms with Gasteiger partial charge in [0, 0.05) is 6.92 Å². The molecule has 1 aromatic rings. The van der Waals surface area contributed by atoms with Gasteiger partial charge in [0.15, 0.2) is 0 Å². The minimum Gasteiger partial charge on any atom is -0.466 e. The van der Waals surface area contributed by atoms with E-state index < -0.39 is 0 Å². The number of hydrogen-bond acceptors (Lipinski definition) is 4. The summed E-state index contributed by atoms with van der Waals surface area (Å²) in [6.07, 6.45) is 0.800. The largest absolute Gasteiger partial charge is 0.466 e. The van der Waals surface area contributed by atoms with E-state index in [1.807, 2.05) is 19.1 Å². The van der Waals surface area contributed by atoms with Crippen LogP contribution in [0.25, 0.3) is 0 Å². The molecule has 0 saturated heterocycles. The third-order valence-electron chi connectivity index (χ3n) is 2.53. The van der Waals surface area contributed by atoms with Crippen LogP contribution in [0, 0.1) is 5.92 Å². The molecule has 0 aliphatic rings. The normalized spacial score (nSPS) is 11.7. The molecular formula is C14H18O4. The lowest BCUT2D eigenvalue weighted by molar-refractivity contribution is -0.142. The maximum absolute atomic E-state index is 11.2. The number of esters is 2. The van der Waals surface area contributed by atoms with Crippen molar-refractivity contribution in [2.75, 3.05) is 13.7 Å². The second-order valence-corrected chi connectivity index (χ2v) is 4.30. The number of benzene rings is 1. The minimum absolute atomic E-state index is 0.248. The van der Waals surface area contributed by atoms with E-state index in [9.17, 15) is 9.59 Å². The van der Waals surface area contributed by atoms with Gasteiger partial charge in [0.05, 0.1) is 19.3 Å². The quantitative estimate of drug-likeness (QED) is 0.752. The van der Waals surface area contributed by atoms with Crippen molar-refractivity contribution >= 4 is 11.9 Å². The molecule has 0 heterocycles. The molecule has 0 saturated carbocycles. The minimum atomic E-state index is -0.338. The maximum Gasteiger partial charge on any atom is 0.337 e. The average molecular weight is 250 g/mol. The Morgan fingerprint density at radius 3 is 2.33 bits per heavy atom. The van der Waals surface area contributed by atoms with Gasteiger partial charge in [0.25, 0.3) is 0 Å². The van der Waals surface area contributed by atoms with E-state index in [0.29, 0.717) is 12.2 Å². The van der Waals surface area contributed by atoms with E-state index >= 15 is 0 Å². The van der Waals surface area contributed by atoms with Crippen molar-refractivity contribution in [1.29, 1.82) is 0 Å². The third kappa shape index (κ3) is 4.57. The highest BCUT2D eigenvalue weighted by Gasteiger charge is 2.08. The fourth-order valence-electron chi connectivity index (χ4n) is 1.62. The molecule has 1 aromatic carbocycles. The topological polar surface area (TPSA) is 52.6 Å². The van der Waals surface area contributed by atoms with Crippen molar-refractivity contribution in [3.8, 4) is 0 Å². The van der Waals surface area contributed by atoms with Crippen LogP contribution in [0.3, 0.4) is 0 Å². The summed E-state index contributed by atoms with van der Waals surface area (Å²) >= 11 is 0. The summed E-state index contributed by atoms with van der Waals surface area (Å²) in [4.78, 5) is 21.9. The van der Waals surface area contributed by atoms with Gasteiger partial charge in [-0.15, -0.1) is 0 Å². The number of carbonyl (C=O) groups is 2. The molecule has 0 radical (unpaired) electrons. The highest BCUT2D eigenvalue weighted by atomic mass is 16.5. The Morgan fingerprint density at radius 1 is 1.22 bits per heavy atom. The molecule has 18 heavy (non-hydrogen) atoms. The van der Waals surface area contributed by atoms with Gasteiger partial charge >= 0.3 is 11.9 Å². The molecule has 0 unspecified atom stereocenters. The Labute approximate surface area is 107 Å². The lowest BCUT2D eigenvalue weighted by Crippen LogP contribution is -2.11. The van der Waals surface area contributed by atoms with Crippen LogP contribution in [-0.2, 0) is 20.7 Å². The summed E-state index contributed by atoms with van der Waals surface area (Å²) in [5.41, 5.74) is 1.64. The van der Waals surface area contributed by atoms with Crippen LogP contribution in [-0.4, -0.2) is 25.7 Å². The fraction of sp³-hybridized carbons (Fsp3) is 0.429. The summed E-state index contributed by atoms with van der Waals surface area (Å²) < 4.78 is 9.57. The molecule has 0 bridgehead atoms. The monoisotopic (exact) mass is 250 g/mol. The first kappa shape index (κ1) is 14.2. The van der Waals surface area contributed by atoms with E-state index in [-0.39, 0.29) is 17.9 Å². The van der Waals surface area contributed by atoms with Crippen LogP contribution in [0.2, 0.25) is 0 Å². The van der Waals surface area contributed by atoms with Gasteiger partial charge in [0.2, 0.25) is 0 Å². The Bertz CT molecular complexity index is 408. The molecule has 1 atom stereocenters. The molecule has 0 aliphatic heterocycles. The molecule has 0 aliphatic carbocycles. The Hall–Kier alpha value is -1.84. The lowest BCUT2D eigenvalue weighted by Gasteiger charge is -2.11. The zero-order chi connectivity index (χ0) is 13.5. The van der Waals surface area contributed by atoms with Crippen LogP contribution in [0.1, 0.15) is 29.8 Å². The second kappa shape index (κ2) is 6.79. The van der Waals surface area contributed by atoms with Gasteiger partial charge in [-0.3, -0.25) is 4.79 Å². The van der Waals surface area contributed by atoms with Crippen molar-refractivity contribution in [2.45, 2.75) is 20.3 Å². The van der Waals surface area contributed by atoms with Gasteiger partial charge in [0.1, 0.15) is 0 Å². The van der Waals surface area contributed by atoms with Gasteiger partial charge in [-0.1, -0.05) is 19.1 Å². The summed E-state index contributed by atoms with van der Waals surface area (Å²) in [6.45, 7) is 3.82. The zero-order valence-corrected chi connectivity index (χ0v) is 10.9. The predicted molar refractivity (Wildman–Crippen MR) is 67.3 cm³/mol. The number of carbonyl (C=O) groups excluding carboxylic acids is 2. The Balaban J connectivity index is 2.53. The predicted octanol–water partition coefficient (Wildman–Crippen LogP) is 2.21. The average Bonchev–Trinajstić information content (AvgIpc) is 2.36. The molecule has 0 N–H and O–H groups in total. The molecule has 0 aromatic heterocycles. The summed E-state index contributed by atoms with van der Waals surface area (Å²) in [5, 5.41) is 0. The van der Waals surface area contributed by atoms with Crippen molar-refractivity contribution in [1.82, 2.24) is 0 Å². The van der Waals surface area contributed by atoms with Gasteiger partial charge in [-0.2, -0.15) is 0 Å². The Morgan fingerprint density at radius 2 is 1.83 bits per heavy atom. The van der Waals surface area contributed by atoms with E-state index in [2.05, 4.69) is 4.74 Å². The number of hydrogen-bond donors (Lipinski definition) is 0. The van der Waals surface area contributed by atoms with Crippen LogP contribution in [0.4, 0.5) is 0 Å². The molecule has 0 amide bonds. The first-order valence-electron chi connectivity index (χ1n) is 5.83. The second-order valence-electron chi connectivity index (χ2n) is 4.30. The first-order chi connectivity index (χ1) is 8.52. The van der Waals surface area contributed by atoms with Crippen LogP contribution < -0.4 is 0 Å². The smallest absolute Gasteiger partial charge is 0.337 e. The van der Waals surface area contributed by atoms with Crippen LogP contribution in [0.5, 0.6) is 0 Å². The van der Waals surface area contributed by atoms with Crippen molar-refractivity contribution < 1.29 is 19.1 Å². The highest BCUT2D eigenvalue weighted by molar-refractivity contribution is 5.89. The van der Waals surface area contributed by atoms with E-state index in [0.717, 1.165) is 12.0 Å². The number of rotatable bonds is 5. The fourth-order valence-corrected chi connectivity index (χ4v) is 1.62. The molecule has 0 spiro atoms. The van der Waals surface area contributed by atoms with Crippen molar-refractivity contribution in [3.05, 3.63) is 35.4 Å². The summed E-state index contributed by atoms with van der Waals surface area (Å²) in [5.74, 6) is -0.352. The van der Waals surface area contributed by atoms with E-state index in [4.69, 9.17) is 4.74 Å². The molecule has 98 valence electrons. The molecule has 4 heteroatoms. The zero-order valence-electron chi connectivity index (χ0n) is 10.9. The number of ether oxygens (including phenoxy) is 2. The van der Waals surface area contributed by atoms with Crippen molar-refractivity contribution in [2.24, 2.45) is 5.92 Å².